The summed E-state index contributed by atoms with van der Waals surface area (Å²) in [5.41, 5.74) is 0.752. The molecule has 2 rings (SSSR count). The second kappa shape index (κ2) is 4.89. The minimum atomic E-state index is 0.126. The van der Waals surface area contributed by atoms with Crippen molar-refractivity contribution in [2.75, 3.05) is 33.2 Å². The number of benzene rings is 1. The first-order chi connectivity index (χ1) is 7.66. The van der Waals surface area contributed by atoms with Crippen LogP contribution in [-0.2, 0) is 0 Å². The Balaban J connectivity index is 2.05. The van der Waals surface area contributed by atoms with Gasteiger partial charge in [0.05, 0.1) is 0 Å². The predicted octanol–water partition coefficient (Wildman–Crippen LogP) is 1.36. The van der Waals surface area contributed by atoms with Gasteiger partial charge >= 0.3 is 0 Å². The standard InChI is InChI=1S/C12H16N2OS/c1-13-6-8-14(9-7-13)12(15)10-2-4-11(16)5-3-10/h2-5,16H,6-9H2,1H3. The molecule has 0 aliphatic carbocycles. The van der Waals surface area contributed by atoms with Crippen LogP contribution in [0.1, 0.15) is 10.4 Å². The lowest BCUT2D eigenvalue weighted by molar-refractivity contribution is 0.0664. The molecular formula is C12H16N2OS. The van der Waals surface area contributed by atoms with Gasteiger partial charge in [-0.1, -0.05) is 0 Å². The van der Waals surface area contributed by atoms with Gasteiger partial charge in [0, 0.05) is 36.6 Å². The largest absolute Gasteiger partial charge is 0.336 e. The molecule has 1 fully saturated rings. The van der Waals surface area contributed by atoms with Crippen LogP contribution >= 0.6 is 12.6 Å². The molecular weight excluding hydrogens is 220 g/mol. The Bertz CT molecular complexity index is 369. The Labute approximate surface area is 101 Å². The van der Waals surface area contributed by atoms with Crippen molar-refractivity contribution >= 4 is 18.5 Å². The average Bonchev–Trinajstić information content (AvgIpc) is 2.30. The minimum Gasteiger partial charge on any atom is -0.336 e. The Hall–Kier alpha value is -1.00. The van der Waals surface area contributed by atoms with Crippen LogP contribution in [0.15, 0.2) is 29.2 Å². The van der Waals surface area contributed by atoms with Crippen LogP contribution in [0.25, 0.3) is 0 Å². The van der Waals surface area contributed by atoms with Crippen LogP contribution in [0.4, 0.5) is 0 Å². The molecule has 1 saturated heterocycles. The molecule has 1 aliphatic rings. The third-order valence-electron chi connectivity index (χ3n) is 2.90. The van der Waals surface area contributed by atoms with Gasteiger partial charge in [0.25, 0.3) is 5.91 Å². The van der Waals surface area contributed by atoms with Gasteiger partial charge < -0.3 is 9.80 Å². The summed E-state index contributed by atoms with van der Waals surface area (Å²) >= 11 is 4.21. The molecule has 0 atom stereocenters. The first kappa shape index (κ1) is 11.5. The summed E-state index contributed by atoms with van der Waals surface area (Å²) in [6.07, 6.45) is 0. The molecule has 16 heavy (non-hydrogen) atoms. The molecule has 1 aliphatic heterocycles. The maximum absolute atomic E-state index is 12.1. The quantitative estimate of drug-likeness (QED) is 0.744. The normalized spacial score (nSPS) is 17.5. The van der Waals surface area contributed by atoms with Gasteiger partial charge in [-0.15, -0.1) is 12.6 Å². The molecule has 0 bridgehead atoms. The van der Waals surface area contributed by atoms with E-state index in [1.165, 1.54) is 0 Å². The zero-order chi connectivity index (χ0) is 11.5. The first-order valence-electron chi connectivity index (χ1n) is 5.43. The van der Waals surface area contributed by atoms with Crippen molar-refractivity contribution in [1.29, 1.82) is 0 Å². The van der Waals surface area contributed by atoms with Crippen molar-refractivity contribution < 1.29 is 4.79 Å². The predicted molar refractivity (Wildman–Crippen MR) is 67.1 cm³/mol. The summed E-state index contributed by atoms with van der Waals surface area (Å²) in [6.45, 7) is 3.54. The van der Waals surface area contributed by atoms with E-state index in [-0.39, 0.29) is 5.91 Å². The second-order valence-corrected chi connectivity index (χ2v) is 4.66. The van der Waals surface area contributed by atoms with Gasteiger partial charge in [0.15, 0.2) is 0 Å². The fourth-order valence-corrected chi connectivity index (χ4v) is 1.95. The van der Waals surface area contributed by atoms with Crippen molar-refractivity contribution in [3.8, 4) is 0 Å². The van der Waals surface area contributed by atoms with Gasteiger partial charge in [-0.3, -0.25) is 4.79 Å². The fraction of sp³-hybridized carbons (Fsp3) is 0.417. The summed E-state index contributed by atoms with van der Waals surface area (Å²) < 4.78 is 0. The van der Waals surface area contributed by atoms with Crippen molar-refractivity contribution in [2.45, 2.75) is 4.90 Å². The van der Waals surface area contributed by atoms with Gasteiger partial charge in [-0.2, -0.15) is 0 Å². The molecule has 4 heteroatoms. The van der Waals surface area contributed by atoms with E-state index in [2.05, 4.69) is 24.6 Å². The zero-order valence-electron chi connectivity index (χ0n) is 9.39. The van der Waals surface area contributed by atoms with E-state index in [0.29, 0.717) is 0 Å². The summed E-state index contributed by atoms with van der Waals surface area (Å²) in [5, 5.41) is 0. The maximum atomic E-state index is 12.1. The van der Waals surface area contributed by atoms with E-state index in [4.69, 9.17) is 0 Å². The number of piperazine rings is 1. The monoisotopic (exact) mass is 236 g/mol. The Morgan fingerprint density at radius 3 is 2.25 bits per heavy atom. The lowest BCUT2D eigenvalue weighted by atomic mass is 10.2. The molecule has 1 heterocycles. The molecule has 3 nitrogen and oxygen atoms in total. The summed E-state index contributed by atoms with van der Waals surface area (Å²) in [5.74, 6) is 0.126. The number of carbonyl (C=O) groups is 1. The number of carbonyl (C=O) groups excluding carboxylic acids is 1. The Morgan fingerprint density at radius 1 is 1.12 bits per heavy atom. The van der Waals surface area contributed by atoms with Crippen LogP contribution < -0.4 is 0 Å². The molecule has 0 spiro atoms. The van der Waals surface area contributed by atoms with E-state index < -0.39 is 0 Å². The molecule has 0 saturated carbocycles. The lowest BCUT2D eigenvalue weighted by Gasteiger charge is -2.32. The Morgan fingerprint density at radius 2 is 1.69 bits per heavy atom. The number of hydrogen-bond acceptors (Lipinski definition) is 3. The van der Waals surface area contributed by atoms with Crippen LogP contribution in [0, 0.1) is 0 Å². The number of thiol groups is 1. The average molecular weight is 236 g/mol. The number of nitrogens with zero attached hydrogens (tertiary/aromatic N) is 2. The second-order valence-electron chi connectivity index (χ2n) is 4.14. The molecule has 0 unspecified atom stereocenters. The van der Waals surface area contributed by atoms with E-state index >= 15 is 0 Å². The van der Waals surface area contributed by atoms with Gasteiger partial charge in [0.2, 0.25) is 0 Å². The van der Waals surface area contributed by atoms with Crippen LogP contribution in [0.3, 0.4) is 0 Å². The number of amides is 1. The van der Waals surface area contributed by atoms with Crippen LogP contribution in [0.5, 0.6) is 0 Å². The number of hydrogen-bond donors (Lipinski definition) is 1. The van der Waals surface area contributed by atoms with E-state index in [1.54, 1.807) is 0 Å². The number of rotatable bonds is 1. The molecule has 86 valence electrons. The maximum Gasteiger partial charge on any atom is 0.253 e. The molecule has 1 aromatic carbocycles. The third-order valence-corrected chi connectivity index (χ3v) is 3.20. The Kier molecular flexibility index (Phi) is 3.51. The van der Waals surface area contributed by atoms with Gasteiger partial charge in [0.1, 0.15) is 0 Å². The molecule has 1 amide bonds. The van der Waals surface area contributed by atoms with E-state index in [1.807, 2.05) is 29.2 Å². The molecule has 1 aromatic rings. The van der Waals surface area contributed by atoms with Crippen molar-refractivity contribution in [1.82, 2.24) is 9.80 Å². The molecule has 0 N–H and O–H groups in total. The first-order valence-corrected chi connectivity index (χ1v) is 5.88. The van der Waals surface area contributed by atoms with Gasteiger partial charge in [-0.05, 0) is 31.3 Å². The lowest BCUT2D eigenvalue weighted by Crippen LogP contribution is -2.47. The van der Waals surface area contributed by atoms with Crippen molar-refractivity contribution in [3.63, 3.8) is 0 Å². The van der Waals surface area contributed by atoms with Crippen LogP contribution in [0.2, 0.25) is 0 Å². The highest BCUT2D eigenvalue weighted by Gasteiger charge is 2.19. The van der Waals surface area contributed by atoms with E-state index in [9.17, 15) is 4.79 Å². The van der Waals surface area contributed by atoms with Crippen molar-refractivity contribution in [2.24, 2.45) is 0 Å². The number of likely N-dealkylation sites (N-methyl/N-ethyl adjacent to an activating group) is 1. The smallest absolute Gasteiger partial charge is 0.253 e. The highest BCUT2D eigenvalue weighted by molar-refractivity contribution is 7.80. The summed E-state index contributed by atoms with van der Waals surface area (Å²) in [7, 11) is 2.08. The molecule has 0 radical (unpaired) electrons. The summed E-state index contributed by atoms with van der Waals surface area (Å²) in [6, 6.07) is 7.38. The van der Waals surface area contributed by atoms with Gasteiger partial charge in [-0.25, -0.2) is 0 Å². The topological polar surface area (TPSA) is 23.6 Å². The highest BCUT2D eigenvalue weighted by atomic mass is 32.1. The third kappa shape index (κ3) is 2.57. The summed E-state index contributed by atoms with van der Waals surface area (Å²) in [4.78, 5) is 17.1. The minimum absolute atomic E-state index is 0.126. The van der Waals surface area contributed by atoms with Crippen molar-refractivity contribution in [3.05, 3.63) is 29.8 Å². The highest BCUT2D eigenvalue weighted by Crippen LogP contribution is 2.11. The fourth-order valence-electron chi connectivity index (χ4n) is 1.80. The zero-order valence-corrected chi connectivity index (χ0v) is 10.3. The van der Waals surface area contributed by atoms with Crippen LogP contribution in [-0.4, -0.2) is 48.9 Å². The molecule has 0 aromatic heterocycles. The SMILES string of the molecule is CN1CCN(C(=O)c2ccc(S)cc2)CC1. The van der Waals surface area contributed by atoms with E-state index in [0.717, 1.165) is 36.6 Å².